The van der Waals surface area contributed by atoms with Crippen LogP contribution in [0, 0.1) is 12.8 Å². The summed E-state index contributed by atoms with van der Waals surface area (Å²) < 4.78 is 2.74. The lowest BCUT2D eigenvalue weighted by atomic mass is 9.79. The molecule has 0 spiro atoms. The number of thiophene rings is 1. The molecule has 8 aromatic rings. The third kappa shape index (κ3) is 5.94. The highest BCUT2D eigenvalue weighted by atomic mass is 32.1. The molecule has 11 rings (SSSR count). The molecule has 256 valence electrons. The van der Waals surface area contributed by atoms with Gasteiger partial charge in [-0.05, 0) is 118 Å². The van der Waals surface area contributed by atoms with Gasteiger partial charge in [0, 0.05) is 25.6 Å². The van der Waals surface area contributed by atoms with Crippen molar-refractivity contribution in [2.45, 2.75) is 43.9 Å². The highest BCUT2D eigenvalue weighted by molar-refractivity contribution is 7.25. The lowest BCUT2D eigenvalue weighted by molar-refractivity contribution is 0.681. The summed E-state index contributed by atoms with van der Waals surface area (Å²) in [6.45, 7) is 2.14. The van der Waals surface area contributed by atoms with Gasteiger partial charge >= 0.3 is 0 Å². The first-order valence-corrected chi connectivity index (χ1v) is 19.9. The van der Waals surface area contributed by atoms with Crippen LogP contribution in [-0.4, -0.2) is 0 Å². The third-order valence-electron chi connectivity index (χ3n) is 12.0. The van der Waals surface area contributed by atoms with E-state index >= 15 is 0 Å². The van der Waals surface area contributed by atoms with Gasteiger partial charge in [0.25, 0.3) is 0 Å². The number of aryl methyl sites for hydroxylation is 1. The van der Waals surface area contributed by atoms with Crippen LogP contribution in [0.25, 0.3) is 42.1 Å². The number of hydrogen-bond donors (Lipinski definition) is 0. The largest absolute Gasteiger partial charge is 0.135 e. The Balaban J connectivity index is 0.000000208. The minimum absolute atomic E-state index is 0.364. The Hall–Kier alpha value is -5.50. The van der Waals surface area contributed by atoms with Crippen molar-refractivity contribution < 1.29 is 0 Å². The monoisotopic (exact) mass is 698 g/mol. The molecule has 1 heterocycles. The third-order valence-corrected chi connectivity index (χ3v) is 13.2. The molecular formula is C52H42S. The maximum Gasteiger partial charge on any atom is 0.0355 e. The number of rotatable bonds is 4. The molecule has 3 aliphatic carbocycles. The van der Waals surface area contributed by atoms with Crippen LogP contribution >= 0.6 is 11.3 Å². The molecule has 0 saturated heterocycles. The van der Waals surface area contributed by atoms with Crippen LogP contribution in [0.4, 0.5) is 0 Å². The second kappa shape index (κ2) is 13.2. The lowest BCUT2D eigenvalue weighted by Gasteiger charge is -2.25. The van der Waals surface area contributed by atoms with Gasteiger partial charge in [0.2, 0.25) is 0 Å². The number of benzene rings is 7. The predicted octanol–water partition coefficient (Wildman–Crippen LogP) is 13.7. The Kier molecular flexibility index (Phi) is 7.99. The maximum absolute atomic E-state index is 2.39. The minimum atomic E-state index is 0.364. The summed E-state index contributed by atoms with van der Waals surface area (Å²) in [5.41, 5.74) is 13.0. The van der Waals surface area contributed by atoms with E-state index in [1.165, 1.54) is 87.4 Å². The van der Waals surface area contributed by atoms with Crippen LogP contribution in [0.3, 0.4) is 0 Å². The van der Waals surface area contributed by atoms with Crippen LogP contribution in [0.2, 0.25) is 0 Å². The molecule has 3 atom stereocenters. The Morgan fingerprint density at radius 3 is 2.19 bits per heavy atom. The molecular weight excluding hydrogens is 657 g/mol. The van der Waals surface area contributed by atoms with E-state index < -0.39 is 0 Å². The number of fused-ring (bicyclic) bond motifs is 6. The molecule has 53 heavy (non-hydrogen) atoms. The zero-order valence-corrected chi connectivity index (χ0v) is 31.0. The summed E-state index contributed by atoms with van der Waals surface area (Å²) in [5.74, 6) is 1.21. The summed E-state index contributed by atoms with van der Waals surface area (Å²) in [6, 6.07) is 56.8. The Bertz CT molecular complexity index is 2680. The molecule has 0 aliphatic heterocycles. The highest BCUT2D eigenvalue weighted by Gasteiger charge is 2.52. The zero-order valence-electron chi connectivity index (χ0n) is 30.1. The summed E-state index contributed by atoms with van der Waals surface area (Å²) in [5, 5.41) is 5.51. The minimum Gasteiger partial charge on any atom is -0.135 e. The molecule has 0 bridgehead atoms. The lowest BCUT2D eigenvalue weighted by Crippen LogP contribution is -2.11. The van der Waals surface area contributed by atoms with E-state index in [0.29, 0.717) is 11.3 Å². The van der Waals surface area contributed by atoms with Crippen molar-refractivity contribution in [1.29, 1.82) is 0 Å². The molecule has 3 aliphatic rings. The fourth-order valence-electron chi connectivity index (χ4n) is 9.09. The summed E-state index contributed by atoms with van der Waals surface area (Å²) >= 11 is 1.89. The molecule has 0 radical (unpaired) electrons. The summed E-state index contributed by atoms with van der Waals surface area (Å²) in [6.07, 6.45) is 13.4. The molecule has 0 nitrogen and oxygen atoms in total. The van der Waals surface area contributed by atoms with Gasteiger partial charge < -0.3 is 0 Å². The van der Waals surface area contributed by atoms with Crippen LogP contribution in [-0.2, 0) is 24.7 Å². The summed E-state index contributed by atoms with van der Waals surface area (Å²) in [7, 11) is 0. The molecule has 1 heteroatoms. The van der Waals surface area contributed by atoms with Crippen molar-refractivity contribution in [3.05, 3.63) is 215 Å². The number of allylic oxidation sites excluding steroid dienone is 4. The quantitative estimate of drug-likeness (QED) is 0.172. The molecule has 0 amide bonds. The van der Waals surface area contributed by atoms with Gasteiger partial charge in [-0.25, -0.2) is 0 Å². The first-order chi connectivity index (χ1) is 26.1. The number of hydrogen-bond acceptors (Lipinski definition) is 1. The van der Waals surface area contributed by atoms with Gasteiger partial charge in [0.05, 0.1) is 0 Å². The topological polar surface area (TPSA) is 0 Å². The van der Waals surface area contributed by atoms with Crippen molar-refractivity contribution in [2.24, 2.45) is 5.92 Å². The van der Waals surface area contributed by atoms with E-state index in [2.05, 4.69) is 183 Å². The first-order valence-electron chi connectivity index (χ1n) is 19.1. The normalized spacial score (nSPS) is 19.6. The Morgan fingerprint density at radius 2 is 1.32 bits per heavy atom. The van der Waals surface area contributed by atoms with Crippen molar-refractivity contribution in [2.75, 3.05) is 0 Å². The van der Waals surface area contributed by atoms with E-state index in [-0.39, 0.29) is 0 Å². The second-order valence-electron chi connectivity index (χ2n) is 15.4. The maximum atomic E-state index is 2.39. The average Bonchev–Trinajstić information content (AvgIpc) is 3.84. The zero-order chi connectivity index (χ0) is 35.4. The van der Waals surface area contributed by atoms with Gasteiger partial charge in [-0.1, -0.05) is 163 Å². The van der Waals surface area contributed by atoms with Gasteiger partial charge in [0.1, 0.15) is 0 Å². The van der Waals surface area contributed by atoms with Crippen molar-refractivity contribution in [3.8, 4) is 11.1 Å². The van der Waals surface area contributed by atoms with E-state index in [4.69, 9.17) is 0 Å². The van der Waals surface area contributed by atoms with Gasteiger partial charge in [0.15, 0.2) is 0 Å². The molecule has 1 fully saturated rings. The molecule has 3 unspecified atom stereocenters. The second-order valence-corrected chi connectivity index (χ2v) is 16.5. The van der Waals surface area contributed by atoms with Crippen molar-refractivity contribution in [3.63, 3.8) is 0 Å². The van der Waals surface area contributed by atoms with Crippen molar-refractivity contribution in [1.82, 2.24) is 0 Å². The van der Waals surface area contributed by atoms with E-state index in [0.717, 1.165) is 25.2 Å². The first kappa shape index (κ1) is 32.2. The highest BCUT2D eigenvalue weighted by Crippen LogP contribution is 2.57. The Morgan fingerprint density at radius 1 is 0.604 bits per heavy atom. The molecule has 0 N–H and O–H groups in total. The van der Waals surface area contributed by atoms with Crippen LogP contribution in [0.1, 0.15) is 51.3 Å². The molecule has 1 saturated carbocycles. The predicted molar refractivity (Wildman–Crippen MR) is 227 cm³/mol. The van der Waals surface area contributed by atoms with Crippen LogP contribution < -0.4 is 0 Å². The standard InChI is InChI=1S/C38H28S.C14H14/c1-2-11-32-29(7-1)23-31(24-30-10-5-8-28-9-6-13-34(32)38(28)30)27-18-15-25(16-19-27)21-26-17-20-37-35(22-26)33-12-3-4-14-36(33)39-37;1-11-5-7-12(8-6-11)14-9-3-2-4-13(14)10-14/h1-20,22,31H,21,23-24H2;2-9,13H,10H2,1H3. The fourth-order valence-corrected chi connectivity index (χ4v) is 10.2. The van der Waals surface area contributed by atoms with E-state index in [9.17, 15) is 0 Å². The van der Waals surface area contributed by atoms with Gasteiger partial charge in [-0.3, -0.25) is 0 Å². The fraction of sp³-hybridized carbons (Fsp3) is 0.154. The van der Waals surface area contributed by atoms with Crippen molar-refractivity contribution >= 4 is 42.3 Å². The molecule has 1 aromatic heterocycles. The van der Waals surface area contributed by atoms with Gasteiger partial charge in [-0.15, -0.1) is 11.3 Å². The smallest absolute Gasteiger partial charge is 0.0355 e. The van der Waals surface area contributed by atoms with E-state index in [1.54, 1.807) is 0 Å². The Labute approximate surface area is 316 Å². The SMILES string of the molecule is Cc1ccc(C23C=CC=CC2C3)cc1.c1ccc2c(c1)CC(c1ccc(Cc3ccc4sc5ccccc5c4c3)cc1)Cc1cccc3cccc-2c13. The van der Waals surface area contributed by atoms with Gasteiger partial charge in [-0.2, -0.15) is 0 Å². The average molecular weight is 699 g/mol. The molecule has 7 aromatic carbocycles. The van der Waals surface area contributed by atoms with Crippen LogP contribution in [0.15, 0.2) is 176 Å². The van der Waals surface area contributed by atoms with E-state index in [1.807, 2.05) is 11.3 Å². The summed E-state index contributed by atoms with van der Waals surface area (Å²) in [4.78, 5) is 0. The van der Waals surface area contributed by atoms with Crippen LogP contribution in [0.5, 0.6) is 0 Å².